The van der Waals surface area contributed by atoms with E-state index in [9.17, 15) is 4.79 Å². The third-order valence-corrected chi connectivity index (χ3v) is 5.45. The average Bonchev–Trinajstić information content (AvgIpc) is 3.08. The Balaban J connectivity index is 1.88. The van der Waals surface area contributed by atoms with Crippen molar-refractivity contribution in [1.29, 1.82) is 0 Å². The molecule has 0 saturated heterocycles. The molecule has 2 aromatic carbocycles. The van der Waals surface area contributed by atoms with Crippen LogP contribution in [0.5, 0.6) is 5.75 Å². The smallest absolute Gasteiger partial charge is 0.294 e. The van der Waals surface area contributed by atoms with Gasteiger partial charge in [0.15, 0.2) is 5.52 Å². The fraction of sp³-hybridized carbons (Fsp3) is 0.150. The quantitative estimate of drug-likeness (QED) is 0.507. The molecule has 0 fully saturated rings. The van der Waals surface area contributed by atoms with Gasteiger partial charge in [-0.05, 0) is 48.9 Å². The van der Waals surface area contributed by atoms with Crippen LogP contribution in [0.2, 0.25) is 5.02 Å². The minimum absolute atomic E-state index is 0.193. The molecule has 27 heavy (non-hydrogen) atoms. The lowest BCUT2D eigenvalue weighted by atomic mass is 10.1. The van der Waals surface area contributed by atoms with Crippen molar-refractivity contribution in [2.24, 2.45) is 0 Å². The molecule has 0 N–H and O–H groups in total. The zero-order chi connectivity index (χ0) is 19.0. The van der Waals surface area contributed by atoms with Gasteiger partial charge in [0.1, 0.15) is 11.4 Å². The zero-order valence-corrected chi connectivity index (χ0v) is 16.3. The first-order valence-corrected chi connectivity index (χ1v) is 9.52. The first kappa shape index (κ1) is 17.7. The number of fused-ring (bicyclic) bond motifs is 1. The maximum Gasteiger partial charge on any atom is 0.294 e. The average molecular weight is 398 g/mol. The van der Waals surface area contributed by atoms with Crippen molar-refractivity contribution in [3.8, 4) is 17.0 Å². The van der Waals surface area contributed by atoms with E-state index in [0.717, 1.165) is 32.3 Å². The van der Waals surface area contributed by atoms with Crippen LogP contribution >= 0.6 is 22.9 Å². The Kier molecular flexibility index (Phi) is 4.68. The number of hydrogen-bond donors (Lipinski definition) is 0. The van der Waals surface area contributed by atoms with Gasteiger partial charge in [0.05, 0.1) is 23.4 Å². The lowest BCUT2D eigenvalue weighted by Gasteiger charge is -2.09. The second-order valence-electron chi connectivity index (χ2n) is 6.08. The number of aromatic nitrogens is 3. The summed E-state index contributed by atoms with van der Waals surface area (Å²) in [5.74, 6) is 0.768. The minimum atomic E-state index is -0.193. The summed E-state index contributed by atoms with van der Waals surface area (Å²) in [6, 6.07) is 15.0. The number of halogens is 1. The number of nitrogens with zero attached hydrogens (tertiary/aromatic N) is 3. The summed E-state index contributed by atoms with van der Waals surface area (Å²) in [5, 5.41) is 6.15. The first-order valence-electron chi connectivity index (χ1n) is 8.32. The second kappa shape index (κ2) is 7.13. The van der Waals surface area contributed by atoms with Gasteiger partial charge in [-0.2, -0.15) is 5.10 Å². The van der Waals surface area contributed by atoms with E-state index in [1.54, 1.807) is 19.2 Å². The second-order valence-corrected chi connectivity index (χ2v) is 7.72. The van der Waals surface area contributed by atoms with E-state index >= 15 is 0 Å². The molecule has 2 heterocycles. The maximum atomic E-state index is 12.9. The van der Waals surface area contributed by atoms with Gasteiger partial charge in [-0.15, -0.1) is 11.3 Å². The van der Waals surface area contributed by atoms with Crippen molar-refractivity contribution in [2.75, 3.05) is 7.11 Å². The highest BCUT2D eigenvalue weighted by molar-refractivity contribution is 7.19. The molecule has 4 rings (SSSR count). The molecular weight excluding hydrogens is 382 g/mol. The predicted octanol–water partition coefficient (Wildman–Crippen LogP) is 4.54. The monoisotopic (exact) mass is 397 g/mol. The number of benzene rings is 2. The number of ether oxygens (including phenoxy) is 1. The third-order valence-electron chi connectivity index (χ3n) is 4.22. The largest absolute Gasteiger partial charge is 0.497 e. The molecule has 0 spiro atoms. The van der Waals surface area contributed by atoms with E-state index in [2.05, 4.69) is 10.1 Å². The lowest BCUT2D eigenvalue weighted by molar-refractivity contribution is 0.415. The number of aryl methyl sites for hydroxylation is 1. The minimum Gasteiger partial charge on any atom is -0.497 e. The zero-order valence-electron chi connectivity index (χ0n) is 14.8. The Morgan fingerprint density at radius 3 is 2.48 bits per heavy atom. The van der Waals surface area contributed by atoms with Crippen molar-refractivity contribution >= 4 is 33.2 Å². The van der Waals surface area contributed by atoms with Crippen molar-refractivity contribution in [1.82, 2.24) is 14.8 Å². The van der Waals surface area contributed by atoms with E-state index in [0.29, 0.717) is 17.1 Å². The molecule has 0 aliphatic rings. The van der Waals surface area contributed by atoms with Crippen LogP contribution in [-0.4, -0.2) is 21.9 Å². The fourth-order valence-corrected chi connectivity index (χ4v) is 3.92. The Labute approximate surface area is 164 Å². The molecule has 0 amide bonds. The molecule has 0 atom stereocenters. The first-order chi connectivity index (χ1) is 13.0. The highest BCUT2D eigenvalue weighted by Gasteiger charge is 2.16. The molecule has 5 nitrogen and oxygen atoms in total. The summed E-state index contributed by atoms with van der Waals surface area (Å²) in [4.78, 5) is 17.3. The van der Waals surface area contributed by atoms with Crippen molar-refractivity contribution in [3.63, 3.8) is 0 Å². The SMILES string of the molecule is COc1ccc(-c2nn(Cc3ccc(Cl)cc3)c(=O)c3nc(C)sc23)cc1. The molecular formula is C20H16ClN3O2S. The van der Waals surface area contributed by atoms with Gasteiger partial charge in [-0.1, -0.05) is 23.7 Å². The van der Waals surface area contributed by atoms with E-state index < -0.39 is 0 Å². The van der Waals surface area contributed by atoms with Crippen LogP contribution in [0.3, 0.4) is 0 Å². The van der Waals surface area contributed by atoms with Gasteiger partial charge >= 0.3 is 0 Å². The van der Waals surface area contributed by atoms with Crippen molar-refractivity contribution in [3.05, 3.63) is 74.5 Å². The molecule has 0 radical (unpaired) electrons. The van der Waals surface area contributed by atoms with Gasteiger partial charge in [0.2, 0.25) is 0 Å². The summed E-state index contributed by atoms with van der Waals surface area (Å²) in [7, 11) is 1.63. The molecule has 0 aliphatic carbocycles. The molecule has 7 heteroatoms. The summed E-state index contributed by atoms with van der Waals surface area (Å²) in [6.45, 7) is 2.25. The number of thiazole rings is 1. The maximum absolute atomic E-state index is 12.9. The highest BCUT2D eigenvalue weighted by atomic mass is 35.5. The van der Waals surface area contributed by atoms with Crippen LogP contribution in [0.25, 0.3) is 21.5 Å². The van der Waals surface area contributed by atoms with Crippen molar-refractivity contribution in [2.45, 2.75) is 13.5 Å². The van der Waals surface area contributed by atoms with Crippen molar-refractivity contribution < 1.29 is 4.74 Å². The van der Waals surface area contributed by atoms with E-state index in [-0.39, 0.29) is 5.56 Å². The number of hydrogen-bond acceptors (Lipinski definition) is 5. The molecule has 0 bridgehead atoms. The van der Waals surface area contributed by atoms with Crippen LogP contribution < -0.4 is 10.3 Å². The summed E-state index contributed by atoms with van der Waals surface area (Å²) in [6.07, 6.45) is 0. The molecule has 0 saturated carbocycles. The predicted molar refractivity (Wildman–Crippen MR) is 109 cm³/mol. The van der Waals surface area contributed by atoms with Gasteiger partial charge in [-0.3, -0.25) is 4.79 Å². The molecule has 2 aromatic heterocycles. The van der Waals surface area contributed by atoms with Crippen LogP contribution in [0.1, 0.15) is 10.6 Å². The fourth-order valence-electron chi connectivity index (χ4n) is 2.87. The number of rotatable bonds is 4. The third kappa shape index (κ3) is 3.46. The highest BCUT2D eigenvalue weighted by Crippen LogP contribution is 2.30. The summed E-state index contributed by atoms with van der Waals surface area (Å²) in [5.41, 5.74) is 2.86. The van der Waals surface area contributed by atoms with Gasteiger partial charge < -0.3 is 4.74 Å². The Bertz CT molecular complexity index is 1170. The van der Waals surface area contributed by atoms with E-state index in [1.807, 2.05) is 43.3 Å². The van der Waals surface area contributed by atoms with Gasteiger partial charge in [0.25, 0.3) is 5.56 Å². The van der Waals surface area contributed by atoms with Gasteiger partial charge in [-0.25, -0.2) is 9.67 Å². The standard InChI is InChI=1S/C20H16ClN3O2S/c1-12-22-18-19(27-12)17(14-5-9-16(26-2)10-6-14)23-24(20(18)25)11-13-3-7-15(21)8-4-13/h3-10H,11H2,1-2H3. The summed E-state index contributed by atoms with van der Waals surface area (Å²) < 4.78 is 7.50. The molecule has 0 unspecified atom stereocenters. The Morgan fingerprint density at radius 1 is 1.11 bits per heavy atom. The Morgan fingerprint density at radius 2 is 1.81 bits per heavy atom. The molecule has 136 valence electrons. The molecule has 4 aromatic rings. The normalized spacial score (nSPS) is 11.1. The van der Waals surface area contributed by atoms with Crippen LogP contribution in [-0.2, 0) is 6.54 Å². The van der Waals surface area contributed by atoms with Crippen LogP contribution in [0.4, 0.5) is 0 Å². The van der Waals surface area contributed by atoms with Crippen LogP contribution in [0.15, 0.2) is 53.3 Å². The molecule has 0 aliphatic heterocycles. The van der Waals surface area contributed by atoms with E-state index in [1.165, 1.54) is 16.0 Å². The Hall–Kier alpha value is -2.70. The topological polar surface area (TPSA) is 57.0 Å². The lowest BCUT2D eigenvalue weighted by Crippen LogP contribution is -2.24. The summed E-state index contributed by atoms with van der Waals surface area (Å²) >= 11 is 7.43. The van der Waals surface area contributed by atoms with Gasteiger partial charge in [0, 0.05) is 10.6 Å². The van der Waals surface area contributed by atoms with Crippen LogP contribution in [0, 0.1) is 6.92 Å². The van der Waals surface area contributed by atoms with E-state index in [4.69, 9.17) is 16.3 Å². The number of methoxy groups -OCH3 is 1.